The zero-order chi connectivity index (χ0) is 13.7. The van der Waals surface area contributed by atoms with E-state index in [1.54, 1.807) is 0 Å². The maximum Gasteiger partial charge on any atom is 0.248 e. The predicted molar refractivity (Wildman–Crippen MR) is 63.3 cm³/mol. The Labute approximate surface area is 108 Å². The Balaban J connectivity index is 2.58. The second-order valence-corrected chi connectivity index (χ2v) is 4.01. The maximum atomic E-state index is 13.3. The van der Waals surface area contributed by atoms with Crippen LogP contribution in [0.5, 0.6) is 0 Å². The van der Waals surface area contributed by atoms with Gasteiger partial charge < -0.3 is 16.2 Å². The van der Waals surface area contributed by atoms with Gasteiger partial charge in [0.05, 0.1) is 13.0 Å². The molecule has 7 heteroatoms. The fraction of sp³-hybridized carbons (Fsp3) is 0.273. The van der Waals surface area contributed by atoms with Gasteiger partial charge in [0, 0.05) is 10.6 Å². The van der Waals surface area contributed by atoms with Gasteiger partial charge in [-0.3, -0.25) is 9.59 Å². The molecule has 5 nitrogen and oxygen atoms in total. The summed E-state index contributed by atoms with van der Waals surface area (Å²) in [7, 11) is 0. The van der Waals surface area contributed by atoms with E-state index >= 15 is 0 Å². The molecule has 1 atom stereocenters. The molecule has 98 valence electrons. The largest absolute Gasteiger partial charge is 0.381 e. The number of benzene rings is 1. The first-order valence-corrected chi connectivity index (χ1v) is 5.46. The van der Waals surface area contributed by atoms with Crippen molar-refractivity contribution < 1.29 is 19.1 Å². The van der Waals surface area contributed by atoms with E-state index in [4.69, 9.17) is 22.4 Å². The number of hydrogen-bond acceptors (Lipinski definition) is 3. The zero-order valence-electron chi connectivity index (χ0n) is 9.32. The van der Waals surface area contributed by atoms with E-state index in [1.807, 2.05) is 0 Å². The summed E-state index contributed by atoms with van der Waals surface area (Å²) in [5.74, 6) is -2.10. The van der Waals surface area contributed by atoms with Gasteiger partial charge in [-0.05, 0) is 12.1 Å². The number of aliphatic hydroxyl groups excluding tert-OH is 1. The molecule has 18 heavy (non-hydrogen) atoms. The van der Waals surface area contributed by atoms with Crippen LogP contribution in [0.15, 0.2) is 18.2 Å². The lowest BCUT2D eigenvalue weighted by Gasteiger charge is -2.09. The highest BCUT2D eigenvalue weighted by molar-refractivity contribution is 6.31. The smallest absolute Gasteiger partial charge is 0.248 e. The molecule has 0 spiro atoms. The molecule has 4 N–H and O–H groups in total. The standard InChI is InChI=1S/C11H12ClFN2O3/c12-7-2-1-3-8(13)6(7)4-10(17)15-5-9(16)11(14)18/h1-3,9,16H,4-5H2,(H2,14,18)(H,15,17). The number of carbonyl (C=O) groups is 2. The van der Waals surface area contributed by atoms with Crippen LogP contribution in [0.25, 0.3) is 0 Å². The maximum absolute atomic E-state index is 13.3. The lowest BCUT2D eigenvalue weighted by atomic mass is 10.1. The molecule has 0 radical (unpaired) electrons. The molecule has 2 amide bonds. The third kappa shape index (κ3) is 3.97. The highest BCUT2D eigenvalue weighted by atomic mass is 35.5. The second kappa shape index (κ2) is 6.32. The number of halogens is 2. The lowest BCUT2D eigenvalue weighted by molar-refractivity contribution is -0.126. The van der Waals surface area contributed by atoms with Crippen molar-refractivity contribution in [1.82, 2.24) is 5.32 Å². The van der Waals surface area contributed by atoms with E-state index in [0.29, 0.717) is 0 Å². The van der Waals surface area contributed by atoms with E-state index in [0.717, 1.165) is 0 Å². The first-order valence-electron chi connectivity index (χ1n) is 5.08. The van der Waals surface area contributed by atoms with Crippen molar-refractivity contribution >= 4 is 23.4 Å². The molecule has 0 aliphatic rings. The summed E-state index contributed by atoms with van der Waals surface area (Å²) < 4.78 is 13.3. The third-order valence-corrected chi connectivity index (χ3v) is 2.57. The van der Waals surface area contributed by atoms with Gasteiger partial charge in [0.1, 0.15) is 11.9 Å². The van der Waals surface area contributed by atoms with Crippen molar-refractivity contribution in [3.63, 3.8) is 0 Å². The fourth-order valence-electron chi connectivity index (χ4n) is 1.24. The number of carbonyl (C=O) groups excluding carboxylic acids is 2. The Morgan fingerprint density at radius 2 is 2.17 bits per heavy atom. The molecule has 1 aromatic rings. The van der Waals surface area contributed by atoms with Crippen LogP contribution < -0.4 is 11.1 Å². The molecular weight excluding hydrogens is 263 g/mol. The molecule has 0 aliphatic carbocycles. The molecule has 0 bridgehead atoms. The molecule has 0 saturated heterocycles. The molecule has 0 aliphatic heterocycles. The van der Waals surface area contributed by atoms with Crippen LogP contribution in [0.2, 0.25) is 5.02 Å². The monoisotopic (exact) mass is 274 g/mol. The number of amides is 2. The van der Waals surface area contributed by atoms with E-state index < -0.39 is 23.7 Å². The van der Waals surface area contributed by atoms with Crippen LogP contribution in [-0.2, 0) is 16.0 Å². The topological polar surface area (TPSA) is 92.4 Å². The van der Waals surface area contributed by atoms with Gasteiger partial charge >= 0.3 is 0 Å². The summed E-state index contributed by atoms with van der Waals surface area (Å²) in [6.07, 6.45) is -1.75. The average molecular weight is 275 g/mol. The van der Waals surface area contributed by atoms with E-state index in [-0.39, 0.29) is 23.6 Å². The van der Waals surface area contributed by atoms with Gasteiger partial charge in [0.15, 0.2) is 0 Å². The molecule has 1 rings (SSSR count). The molecule has 1 aromatic carbocycles. The van der Waals surface area contributed by atoms with E-state index in [9.17, 15) is 14.0 Å². The number of nitrogens with one attached hydrogen (secondary N) is 1. The van der Waals surface area contributed by atoms with Crippen molar-refractivity contribution in [2.45, 2.75) is 12.5 Å². The second-order valence-electron chi connectivity index (χ2n) is 3.60. The fourth-order valence-corrected chi connectivity index (χ4v) is 1.47. The quantitative estimate of drug-likeness (QED) is 0.705. The minimum absolute atomic E-state index is 0.0604. The Morgan fingerprint density at radius 1 is 1.50 bits per heavy atom. The summed E-state index contributed by atoms with van der Waals surface area (Å²) >= 11 is 5.74. The molecule has 0 aromatic heterocycles. The number of nitrogens with two attached hydrogens (primary N) is 1. The average Bonchev–Trinajstić information content (AvgIpc) is 2.30. The number of rotatable bonds is 5. The summed E-state index contributed by atoms with van der Waals surface area (Å²) in [6, 6.07) is 4.08. The first-order chi connectivity index (χ1) is 8.41. The minimum Gasteiger partial charge on any atom is -0.381 e. The van der Waals surface area contributed by atoms with Crippen LogP contribution in [0.1, 0.15) is 5.56 Å². The zero-order valence-corrected chi connectivity index (χ0v) is 10.1. The van der Waals surface area contributed by atoms with Crippen LogP contribution in [0.4, 0.5) is 4.39 Å². The van der Waals surface area contributed by atoms with Crippen molar-refractivity contribution in [1.29, 1.82) is 0 Å². The summed E-state index contributed by atoms with van der Waals surface area (Å²) in [4.78, 5) is 22.0. The molecular formula is C11H12ClFN2O3. The summed E-state index contributed by atoms with van der Waals surface area (Å²) in [5, 5.41) is 11.5. The number of hydrogen-bond donors (Lipinski definition) is 3. The molecule has 0 heterocycles. The Bertz CT molecular complexity index is 447. The van der Waals surface area contributed by atoms with Gasteiger partial charge in [-0.25, -0.2) is 4.39 Å². The Hall–Kier alpha value is -1.66. The first kappa shape index (κ1) is 14.4. The van der Waals surface area contributed by atoms with Crippen LogP contribution in [0.3, 0.4) is 0 Å². The van der Waals surface area contributed by atoms with E-state index in [2.05, 4.69) is 5.32 Å². The Morgan fingerprint density at radius 3 is 2.72 bits per heavy atom. The van der Waals surface area contributed by atoms with Crippen molar-refractivity contribution in [2.24, 2.45) is 5.73 Å². The van der Waals surface area contributed by atoms with Crippen LogP contribution in [0, 0.1) is 5.82 Å². The lowest BCUT2D eigenvalue weighted by Crippen LogP contribution is -2.40. The summed E-state index contributed by atoms with van der Waals surface area (Å²) in [6.45, 7) is -0.319. The highest BCUT2D eigenvalue weighted by Crippen LogP contribution is 2.19. The molecule has 0 fully saturated rings. The van der Waals surface area contributed by atoms with Gasteiger partial charge in [-0.1, -0.05) is 17.7 Å². The molecule has 1 unspecified atom stereocenters. The molecule has 0 saturated carbocycles. The van der Waals surface area contributed by atoms with Crippen LogP contribution in [-0.4, -0.2) is 29.6 Å². The van der Waals surface area contributed by atoms with Gasteiger partial charge in [-0.15, -0.1) is 0 Å². The van der Waals surface area contributed by atoms with Crippen molar-refractivity contribution in [3.05, 3.63) is 34.6 Å². The number of aliphatic hydroxyl groups is 1. The predicted octanol–water partition coefficient (Wildman–Crippen LogP) is -0.0160. The minimum atomic E-state index is -1.47. The van der Waals surface area contributed by atoms with Crippen LogP contribution >= 0.6 is 11.6 Å². The van der Waals surface area contributed by atoms with E-state index in [1.165, 1.54) is 18.2 Å². The van der Waals surface area contributed by atoms with Gasteiger partial charge in [-0.2, -0.15) is 0 Å². The normalized spacial score (nSPS) is 11.9. The van der Waals surface area contributed by atoms with Gasteiger partial charge in [0.25, 0.3) is 0 Å². The number of primary amides is 1. The summed E-state index contributed by atoms with van der Waals surface area (Å²) in [5.41, 5.74) is 4.86. The SMILES string of the molecule is NC(=O)C(O)CNC(=O)Cc1c(F)cccc1Cl. The van der Waals surface area contributed by atoms with Gasteiger partial charge in [0.2, 0.25) is 11.8 Å². The van der Waals surface area contributed by atoms with Crippen molar-refractivity contribution in [2.75, 3.05) is 6.54 Å². The third-order valence-electron chi connectivity index (χ3n) is 2.22. The van der Waals surface area contributed by atoms with Crippen molar-refractivity contribution in [3.8, 4) is 0 Å². The Kier molecular flexibility index (Phi) is 5.06. The highest BCUT2D eigenvalue weighted by Gasteiger charge is 2.15.